The van der Waals surface area contributed by atoms with E-state index >= 15 is 0 Å². The van der Waals surface area contributed by atoms with E-state index in [0.29, 0.717) is 24.9 Å². The van der Waals surface area contributed by atoms with Crippen LogP contribution in [0.5, 0.6) is 5.75 Å². The van der Waals surface area contributed by atoms with Crippen molar-refractivity contribution in [1.82, 2.24) is 28.7 Å². The Morgan fingerprint density at radius 2 is 1.63 bits per heavy atom. The highest BCUT2D eigenvalue weighted by Crippen LogP contribution is 2.46. The van der Waals surface area contributed by atoms with Crippen molar-refractivity contribution in [2.24, 2.45) is 0 Å². The maximum Gasteiger partial charge on any atom is 0.317 e. The predicted octanol–water partition coefficient (Wildman–Crippen LogP) is 5.10. The lowest BCUT2D eigenvalue weighted by Crippen LogP contribution is -2.52. The van der Waals surface area contributed by atoms with Gasteiger partial charge in [0.1, 0.15) is 5.75 Å². The number of methoxy groups -OCH3 is 1. The molecule has 1 aliphatic carbocycles. The fourth-order valence-corrected chi connectivity index (χ4v) is 9.15. The molecule has 7 rings (SSSR count). The van der Waals surface area contributed by atoms with Crippen LogP contribution in [0.3, 0.4) is 0 Å². The van der Waals surface area contributed by atoms with Crippen LogP contribution in [0.1, 0.15) is 85.2 Å². The number of aromatic nitrogens is 1. The molecular weight excluding hydrogens is 641 g/mol. The molecule has 4 heterocycles. The number of likely N-dealkylation sites (tertiary alicyclic amines) is 2. The van der Waals surface area contributed by atoms with Crippen LogP contribution >= 0.6 is 0 Å². The third kappa shape index (κ3) is 6.79. The minimum absolute atomic E-state index is 0.0318. The molecule has 1 saturated carbocycles. The first-order chi connectivity index (χ1) is 23.6. The molecule has 4 aliphatic rings. The van der Waals surface area contributed by atoms with E-state index in [1.54, 1.807) is 13.2 Å². The minimum Gasteiger partial charge on any atom is -0.497 e. The van der Waals surface area contributed by atoms with Gasteiger partial charge in [-0.3, -0.25) is 4.79 Å². The molecule has 1 aromatic heterocycles. The molecular formula is C37H50N6O5S. The highest BCUT2D eigenvalue weighted by Gasteiger charge is 2.34. The number of piperidine rings is 1. The topological polar surface area (TPSA) is 116 Å². The number of benzene rings is 2. The molecule has 1 unspecified atom stereocenters. The summed E-state index contributed by atoms with van der Waals surface area (Å²) >= 11 is 0. The zero-order valence-corrected chi connectivity index (χ0v) is 29.9. The van der Waals surface area contributed by atoms with Crippen molar-refractivity contribution in [2.45, 2.75) is 88.8 Å². The van der Waals surface area contributed by atoms with Gasteiger partial charge in [-0.1, -0.05) is 25.3 Å². The molecule has 2 saturated heterocycles. The number of carbonyl (C=O) groups is 2. The van der Waals surface area contributed by atoms with Crippen LogP contribution in [0, 0.1) is 0 Å². The Balaban J connectivity index is 1.27. The summed E-state index contributed by atoms with van der Waals surface area (Å²) in [5.74, 6) is 0.461. The number of urea groups is 1. The molecule has 2 aromatic carbocycles. The fraction of sp³-hybridized carbons (Fsp3) is 0.568. The average Bonchev–Trinajstić information content (AvgIpc) is 3.72. The third-order valence-electron chi connectivity index (χ3n) is 11.3. The molecule has 0 spiro atoms. The van der Waals surface area contributed by atoms with Gasteiger partial charge in [-0.15, -0.1) is 0 Å². The van der Waals surface area contributed by atoms with Crippen molar-refractivity contribution >= 4 is 33.1 Å². The number of hydrogen-bond acceptors (Lipinski definition) is 6. The van der Waals surface area contributed by atoms with E-state index < -0.39 is 16.1 Å². The van der Waals surface area contributed by atoms with E-state index in [4.69, 9.17) is 4.74 Å². The van der Waals surface area contributed by atoms with Gasteiger partial charge in [0.05, 0.1) is 18.8 Å². The average molecular weight is 691 g/mol. The Hall–Kier alpha value is -3.61. The lowest BCUT2D eigenvalue weighted by molar-refractivity contribution is 0.0979. The van der Waals surface area contributed by atoms with Gasteiger partial charge >= 0.3 is 16.2 Å². The molecule has 3 aliphatic heterocycles. The number of nitrogens with one attached hydrogen (secondary N) is 2. The van der Waals surface area contributed by atoms with Crippen molar-refractivity contribution in [3.8, 4) is 17.0 Å². The SMILES string of the molecule is COc1ccc2c(c1)CC(NC(=O)N1CCC(N3CCCC3)CC1)Cn1c-2c(C2CCCCC2)c2ccc(C(=O)NS(=O)(=O)N(C)C)cc21. The van der Waals surface area contributed by atoms with Crippen LogP contribution in [-0.2, 0) is 23.2 Å². The first-order valence-electron chi connectivity index (χ1n) is 18.0. The van der Waals surface area contributed by atoms with Crippen molar-refractivity contribution in [3.63, 3.8) is 0 Å². The van der Waals surface area contributed by atoms with Gasteiger partial charge in [-0.2, -0.15) is 12.7 Å². The maximum atomic E-state index is 13.9. The number of rotatable bonds is 7. The molecule has 3 amide bonds. The van der Waals surface area contributed by atoms with Crippen LogP contribution in [-0.4, -0.2) is 98.5 Å². The molecule has 3 aromatic rings. The van der Waals surface area contributed by atoms with Gasteiger partial charge in [-0.25, -0.2) is 9.52 Å². The van der Waals surface area contributed by atoms with Crippen LogP contribution in [0.2, 0.25) is 0 Å². The lowest BCUT2D eigenvalue weighted by Gasteiger charge is -2.37. The summed E-state index contributed by atoms with van der Waals surface area (Å²) < 4.78 is 36.2. The number of nitrogens with zero attached hydrogens (tertiary/aromatic N) is 4. The monoisotopic (exact) mass is 690 g/mol. The molecule has 264 valence electrons. The van der Waals surface area contributed by atoms with Gasteiger partial charge in [0, 0.05) is 61.8 Å². The largest absolute Gasteiger partial charge is 0.497 e. The summed E-state index contributed by atoms with van der Waals surface area (Å²) in [5.41, 5.74) is 5.79. The number of fused-ring (bicyclic) bond motifs is 5. The smallest absolute Gasteiger partial charge is 0.317 e. The van der Waals surface area contributed by atoms with Gasteiger partial charge in [0.2, 0.25) is 0 Å². The van der Waals surface area contributed by atoms with Gasteiger partial charge in [0.15, 0.2) is 0 Å². The van der Waals surface area contributed by atoms with E-state index in [1.165, 1.54) is 64.9 Å². The molecule has 2 N–H and O–H groups in total. The zero-order chi connectivity index (χ0) is 34.3. The Bertz CT molecular complexity index is 1820. The third-order valence-corrected chi connectivity index (χ3v) is 12.7. The summed E-state index contributed by atoms with van der Waals surface area (Å²) in [5, 5.41) is 4.49. The quantitative estimate of drug-likeness (QED) is 0.357. The number of ether oxygens (including phenoxy) is 1. The zero-order valence-electron chi connectivity index (χ0n) is 29.0. The van der Waals surface area contributed by atoms with E-state index in [1.807, 2.05) is 23.1 Å². The molecule has 49 heavy (non-hydrogen) atoms. The van der Waals surface area contributed by atoms with Crippen molar-refractivity contribution in [1.29, 1.82) is 0 Å². The number of hydrogen-bond donors (Lipinski definition) is 2. The van der Waals surface area contributed by atoms with E-state index in [9.17, 15) is 18.0 Å². The normalized spacial score (nSPS) is 21.0. The first-order valence-corrected chi connectivity index (χ1v) is 19.4. The second-order valence-electron chi connectivity index (χ2n) is 14.5. The standard InChI is InChI=1S/C37H50N6O5S/c1-40(2)49(46,47)39-36(44)26-11-13-32-33(23-26)43-24-28(38-37(45)42-19-15-29(16-20-42)41-17-7-8-18-41)21-27-22-30(48-3)12-14-31(27)35(43)34(32)25-9-5-4-6-10-25/h11-14,22-23,25,28-29H,4-10,15-21,24H2,1-3H3,(H,38,45)(H,39,44). The molecule has 3 fully saturated rings. The highest BCUT2D eigenvalue weighted by atomic mass is 32.2. The number of amides is 3. The fourth-order valence-electron chi connectivity index (χ4n) is 8.62. The number of carbonyl (C=O) groups excluding carboxylic acids is 2. The Morgan fingerprint density at radius 1 is 0.898 bits per heavy atom. The summed E-state index contributed by atoms with van der Waals surface area (Å²) in [4.78, 5) is 31.7. The van der Waals surface area contributed by atoms with Crippen LogP contribution in [0.25, 0.3) is 22.2 Å². The van der Waals surface area contributed by atoms with E-state index in [-0.39, 0.29) is 17.6 Å². The second kappa shape index (κ2) is 14.0. The molecule has 0 bridgehead atoms. The predicted molar refractivity (Wildman–Crippen MR) is 191 cm³/mol. The summed E-state index contributed by atoms with van der Waals surface area (Å²) in [6.07, 6.45) is 10.9. The molecule has 11 nitrogen and oxygen atoms in total. The Kier molecular flexibility index (Phi) is 9.64. The summed E-state index contributed by atoms with van der Waals surface area (Å²) in [7, 11) is 0.491. The van der Waals surface area contributed by atoms with Crippen LogP contribution < -0.4 is 14.8 Å². The second-order valence-corrected chi connectivity index (χ2v) is 16.4. The molecule has 0 radical (unpaired) electrons. The Labute approximate surface area is 290 Å². The maximum absolute atomic E-state index is 13.9. The van der Waals surface area contributed by atoms with Crippen LogP contribution in [0.4, 0.5) is 4.79 Å². The van der Waals surface area contributed by atoms with Crippen molar-refractivity contribution in [2.75, 3.05) is 47.4 Å². The highest BCUT2D eigenvalue weighted by molar-refractivity contribution is 7.87. The summed E-state index contributed by atoms with van der Waals surface area (Å²) in [6.45, 7) is 4.37. The van der Waals surface area contributed by atoms with Gasteiger partial charge in [-0.05, 0) is 105 Å². The van der Waals surface area contributed by atoms with E-state index in [2.05, 4.69) is 31.6 Å². The molecule has 12 heteroatoms. The van der Waals surface area contributed by atoms with Gasteiger partial charge < -0.3 is 24.4 Å². The lowest BCUT2D eigenvalue weighted by atomic mass is 9.81. The van der Waals surface area contributed by atoms with E-state index in [0.717, 1.165) is 76.6 Å². The summed E-state index contributed by atoms with van der Waals surface area (Å²) in [6, 6.07) is 12.1. The van der Waals surface area contributed by atoms with Crippen molar-refractivity contribution in [3.05, 3.63) is 53.1 Å². The minimum atomic E-state index is -3.96. The molecule has 1 atom stereocenters. The van der Waals surface area contributed by atoms with Crippen molar-refractivity contribution < 1.29 is 22.7 Å². The Morgan fingerprint density at radius 3 is 2.33 bits per heavy atom. The van der Waals surface area contributed by atoms with Gasteiger partial charge in [0.25, 0.3) is 5.91 Å². The first kappa shape index (κ1) is 33.9. The van der Waals surface area contributed by atoms with Crippen LogP contribution in [0.15, 0.2) is 36.4 Å².